The first-order valence-corrected chi connectivity index (χ1v) is 10.5. The summed E-state index contributed by atoms with van der Waals surface area (Å²) in [6.45, 7) is 5.87. The normalized spacial score (nSPS) is 11.6. The number of furan rings is 1. The third-order valence-electron chi connectivity index (χ3n) is 3.39. The number of aromatic nitrogens is 3. The topological polar surface area (TPSA) is 73.0 Å². The minimum atomic E-state index is -0.125. The highest BCUT2D eigenvalue weighted by Crippen LogP contribution is 2.16. The van der Waals surface area contributed by atoms with Crippen LogP contribution in [0.1, 0.15) is 31.9 Å². The van der Waals surface area contributed by atoms with Gasteiger partial charge in [-0.25, -0.2) is 0 Å². The maximum Gasteiger partial charge on any atom is 0.244 e. The highest BCUT2D eigenvalue weighted by atomic mass is 127. The molecule has 2 heterocycles. The lowest BCUT2D eigenvalue weighted by molar-refractivity contribution is -0.116. The molecular formula is C17H23IN4O2S. The first kappa shape index (κ1) is 20.0. The highest BCUT2D eigenvalue weighted by Gasteiger charge is 2.12. The van der Waals surface area contributed by atoms with E-state index in [1.54, 1.807) is 17.8 Å². The van der Waals surface area contributed by atoms with Gasteiger partial charge in [-0.05, 0) is 59.4 Å². The summed E-state index contributed by atoms with van der Waals surface area (Å²) in [4.78, 5) is 11.8. The van der Waals surface area contributed by atoms with Crippen molar-refractivity contribution in [2.45, 2.75) is 38.4 Å². The largest absolute Gasteiger partial charge is 0.451 e. The molecule has 0 aliphatic rings. The summed E-state index contributed by atoms with van der Waals surface area (Å²) in [6.07, 6.45) is 6.78. The van der Waals surface area contributed by atoms with E-state index in [-0.39, 0.29) is 5.91 Å². The molecule has 6 nitrogen and oxygen atoms in total. The molecule has 0 saturated carbocycles. The SMILES string of the molecule is CSc1nnc(CCCNC(=O)/C=C/c2ccc(I)o2)n1CC(C)C. The number of hydrogen-bond acceptors (Lipinski definition) is 5. The minimum Gasteiger partial charge on any atom is -0.451 e. The molecule has 0 aliphatic heterocycles. The molecule has 8 heteroatoms. The molecule has 2 aromatic heterocycles. The van der Waals surface area contributed by atoms with Crippen LogP contribution in [0.15, 0.2) is 27.8 Å². The smallest absolute Gasteiger partial charge is 0.244 e. The van der Waals surface area contributed by atoms with Gasteiger partial charge in [0.2, 0.25) is 5.91 Å². The average molecular weight is 474 g/mol. The predicted molar refractivity (Wildman–Crippen MR) is 108 cm³/mol. The van der Waals surface area contributed by atoms with Crippen molar-refractivity contribution in [1.29, 1.82) is 0 Å². The third kappa shape index (κ3) is 6.50. The Morgan fingerprint density at radius 2 is 2.24 bits per heavy atom. The Hall–Kier alpha value is -1.29. The number of hydrogen-bond donors (Lipinski definition) is 1. The Labute approximate surface area is 166 Å². The number of rotatable bonds is 9. The summed E-state index contributed by atoms with van der Waals surface area (Å²) < 4.78 is 8.35. The van der Waals surface area contributed by atoms with Crippen molar-refractivity contribution in [3.63, 3.8) is 0 Å². The van der Waals surface area contributed by atoms with Crippen LogP contribution in [-0.4, -0.2) is 33.5 Å². The first-order chi connectivity index (χ1) is 12.0. The van der Waals surface area contributed by atoms with E-state index in [4.69, 9.17) is 4.42 Å². The van der Waals surface area contributed by atoms with E-state index in [2.05, 4.69) is 56.5 Å². The standard InChI is InChI=1S/C17H23IN4O2S/c1-12(2)11-22-15(20-21-17(22)25-3)5-4-10-19-16(23)9-7-13-6-8-14(18)24-13/h6-9,12H,4-5,10-11H2,1-3H3,(H,19,23)/b9-7+. The first-order valence-electron chi connectivity index (χ1n) is 8.17. The summed E-state index contributed by atoms with van der Waals surface area (Å²) in [7, 11) is 0. The molecule has 0 atom stereocenters. The van der Waals surface area contributed by atoms with Crippen LogP contribution in [0.5, 0.6) is 0 Å². The Kier molecular flexibility index (Phi) is 8.01. The van der Waals surface area contributed by atoms with Gasteiger partial charge in [0.25, 0.3) is 0 Å². The van der Waals surface area contributed by atoms with Crippen molar-refractivity contribution >= 4 is 46.3 Å². The molecule has 0 bridgehead atoms. The van der Waals surface area contributed by atoms with Gasteiger partial charge in [0.15, 0.2) is 8.92 Å². The van der Waals surface area contributed by atoms with Crippen molar-refractivity contribution < 1.29 is 9.21 Å². The van der Waals surface area contributed by atoms with Crippen LogP contribution in [0.3, 0.4) is 0 Å². The maximum atomic E-state index is 11.8. The van der Waals surface area contributed by atoms with E-state index < -0.39 is 0 Å². The fourth-order valence-electron chi connectivity index (χ4n) is 2.30. The highest BCUT2D eigenvalue weighted by molar-refractivity contribution is 14.1. The van der Waals surface area contributed by atoms with Gasteiger partial charge in [0, 0.05) is 25.6 Å². The Bertz CT molecular complexity index is 724. The summed E-state index contributed by atoms with van der Waals surface area (Å²) in [5.74, 6) is 2.06. The number of amides is 1. The van der Waals surface area contributed by atoms with Crippen molar-refractivity contribution in [3.8, 4) is 0 Å². The summed E-state index contributed by atoms with van der Waals surface area (Å²) >= 11 is 3.70. The second-order valence-corrected chi connectivity index (χ2v) is 7.81. The zero-order chi connectivity index (χ0) is 18.2. The molecule has 2 rings (SSSR count). The molecule has 0 radical (unpaired) electrons. The molecule has 0 unspecified atom stereocenters. The van der Waals surface area contributed by atoms with Gasteiger partial charge in [-0.3, -0.25) is 4.79 Å². The molecule has 1 N–H and O–H groups in total. The molecule has 25 heavy (non-hydrogen) atoms. The van der Waals surface area contributed by atoms with Crippen LogP contribution < -0.4 is 5.32 Å². The Morgan fingerprint density at radius 1 is 1.44 bits per heavy atom. The Balaban J connectivity index is 1.78. The average Bonchev–Trinajstić information content (AvgIpc) is 3.15. The molecule has 0 spiro atoms. The van der Waals surface area contributed by atoms with Crippen molar-refractivity contribution in [3.05, 3.63) is 33.6 Å². The molecule has 0 fully saturated rings. The van der Waals surface area contributed by atoms with Gasteiger partial charge >= 0.3 is 0 Å². The Morgan fingerprint density at radius 3 is 2.88 bits per heavy atom. The number of thioether (sulfide) groups is 1. The van der Waals surface area contributed by atoms with E-state index in [0.717, 1.165) is 34.1 Å². The number of halogens is 1. The fourth-order valence-corrected chi connectivity index (χ4v) is 3.25. The minimum absolute atomic E-state index is 0.125. The van der Waals surface area contributed by atoms with Gasteiger partial charge in [0.05, 0.1) is 0 Å². The number of carbonyl (C=O) groups excluding carboxylic acids is 1. The molecule has 136 valence electrons. The number of aryl methyl sites for hydroxylation is 1. The van der Waals surface area contributed by atoms with Crippen LogP contribution in [0.25, 0.3) is 6.08 Å². The van der Waals surface area contributed by atoms with Gasteiger partial charge in [-0.2, -0.15) is 0 Å². The van der Waals surface area contributed by atoms with Gasteiger partial charge in [-0.15, -0.1) is 10.2 Å². The lowest BCUT2D eigenvalue weighted by Crippen LogP contribution is -2.23. The number of nitrogens with zero attached hydrogens (tertiary/aromatic N) is 3. The van der Waals surface area contributed by atoms with Crippen molar-refractivity contribution in [1.82, 2.24) is 20.1 Å². The molecule has 0 aliphatic carbocycles. The molecule has 0 aromatic carbocycles. The zero-order valence-corrected chi connectivity index (χ0v) is 17.6. The zero-order valence-electron chi connectivity index (χ0n) is 14.7. The van der Waals surface area contributed by atoms with Crippen LogP contribution in [0, 0.1) is 9.68 Å². The third-order valence-corrected chi connectivity index (χ3v) is 4.64. The number of carbonyl (C=O) groups is 1. The van der Waals surface area contributed by atoms with Crippen LogP contribution in [0.2, 0.25) is 0 Å². The van der Waals surface area contributed by atoms with E-state index in [9.17, 15) is 4.79 Å². The van der Waals surface area contributed by atoms with Crippen LogP contribution in [0.4, 0.5) is 0 Å². The predicted octanol–water partition coefficient (Wildman–Crippen LogP) is 3.62. The van der Waals surface area contributed by atoms with Gasteiger partial charge in [-0.1, -0.05) is 25.6 Å². The van der Waals surface area contributed by atoms with E-state index in [1.807, 2.05) is 18.4 Å². The molecule has 0 saturated heterocycles. The van der Waals surface area contributed by atoms with Gasteiger partial charge in [0.1, 0.15) is 11.6 Å². The molecule has 1 amide bonds. The number of nitrogens with one attached hydrogen (secondary N) is 1. The molecule has 2 aromatic rings. The monoisotopic (exact) mass is 474 g/mol. The van der Waals surface area contributed by atoms with E-state index >= 15 is 0 Å². The lowest BCUT2D eigenvalue weighted by atomic mass is 10.2. The van der Waals surface area contributed by atoms with Gasteiger partial charge < -0.3 is 14.3 Å². The van der Waals surface area contributed by atoms with E-state index in [1.165, 1.54) is 6.08 Å². The van der Waals surface area contributed by atoms with E-state index in [0.29, 0.717) is 18.2 Å². The fraction of sp³-hybridized carbons (Fsp3) is 0.471. The van der Waals surface area contributed by atoms with Crippen molar-refractivity contribution in [2.75, 3.05) is 12.8 Å². The second-order valence-electron chi connectivity index (χ2n) is 5.98. The molecular weight excluding hydrogens is 451 g/mol. The summed E-state index contributed by atoms with van der Waals surface area (Å²) in [5, 5.41) is 12.3. The lowest BCUT2D eigenvalue weighted by Gasteiger charge is -2.11. The van der Waals surface area contributed by atoms with Crippen molar-refractivity contribution in [2.24, 2.45) is 5.92 Å². The van der Waals surface area contributed by atoms with Crippen LogP contribution >= 0.6 is 34.4 Å². The van der Waals surface area contributed by atoms with Crippen LogP contribution in [-0.2, 0) is 17.8 Å². The maximum absolute atomic E-state index is 11.8. The summed E-state index contributed by atoms with van der Waals surface area (Å²) in [5.41, 5.74) is 0. The quantitative estimate of drug-likeness (QED) is 0.260. The summed E-state index contributed by atoms with van der Waals surface area (Å²) in [6, 6.07) is 3.69. The second kappa shape index (κ2) is 10.0.